The largest absolute Gasteiger partial charge is 0.457 e. The van der Waals surface area contributed by atoms with E-state index >= 15 is 0 Å². The van der Waals surface area contributed by atoms with Crippen LogP contribution < -0.4 is 5.32 Å². The summed E-state index contributed by atoms with van der Waals surface area (Å²) in [6.07, 6.45) is 1.62. The highest BCUT2D eigenvalue weighted by molar-refractivity contribution is 7.12. The third-order valence-electron chi connectivity index (χ3n) is 4.55. The van der Waals surface area contributed by atoms with Crippen molar-refractivity contribution in [1.82, 2.24) is 5.32 Å². The van der Waals surface area contributed by atoms with Crippen molar-refractivity contribution in [1.29, 1.82) is 0 Å². The lowest BCUT2D eigenvalue weighted by Gasteiger charge is -2.06. The number of rotatable bonds is 11. The molecule has 1 aromatic carbocycles. The highest BCUT2D eigenvalue weighted by atomic mass is 32.1. The molecule has 0 radical (unpaired) electrons. The Balaban J connectivity index is 1.72. The summed E-state index contributed by atoms with van der Waals surface area (Å²) in [5.74, 6) is -0.986. The van der Waals surface area contributed by atoms with Crippen molar-refractivity contribution in [3.8, 4) is 0 Å². The maximum absolute atomic E-state index is 12.2. The van der Waals surface area contributed by atoms with E-state index in [1.807, 2.05) is 32.0 Å². The summed E-state index contributed by atoms with van der Waals surface area (Å²) in [6, 6.07) is 8.95. The van der Waals surface area contributed by atoms with Crippen LogP contribution in [-0.2, 0) is 20.7 Å². The second-order valence-corrected chi connectivity index (χ2v) is 8.58. The maximum atomic E-state index is 12.2. The third kappa shape index (κ3) is 7.55. The van der Waals surface area contributed by atoms with E-state index in [0.717, 1.165) is 28.2 Å². The van der Waals surface area contributed by atoms with Crippen molar-refractivity contribution >= 4 is 34.8 Å². The Bertz CT molecular complexity index is 914. The molecule has 2 aromatic rings. The van der Waals surface area contributed by atoms with E-state index in [4.69, 9.17) is 4.74 Å². The number of aryl methyl sites for hydroxylation is 3. The lowest BCUT2D eigenvalue weighted by atomic mass is 10.1. The number of Topliss-reactive ketones (excluding diaryl/α,β-unsaturated/α-hetero) is 2. The fraction of sp³-hybridized carbons (Fsp3) is 0.391. The van der Waals surface area contributed by atoms with Gasteiger partial charge in [-0.2, -0.15) is 0 Å². The molecule has 0 saturated carbocycles. The van der Waals surface area contributed by atoms with Crippen LogP contribution in [0.25, 0.3) is 0 Å². The summed E-state index contributed by atoms with van der Waals surface area (Å²) < 4.78 is 5.03. The number of carbonyl (C=O) groups is 4. The average Bonchev–Trinajstić information content (AvgIpc) is 3.06. The molecule has 0 aliphatic heterocycles. The minimum atomic E-state index is -0.559. The van der Waals surface area contributed by atoms with Gasteiger partial charge in [-0.05, 0) is 38.3 Å². The smallest absolute Gasteiger partial charge is 0.306 e. The molecule has 7 heteroatoms. The van der Waals surface area contributed by atoms with Crippen molar-refractivity contribution in [2.24, 2.45) is 0 Å². The number of thiophene rings is 1. The second-order valence-electron chi connectivity index (χ2n) is 7.12. The molecule has 1 N–H and O–H groups in total. The van der Waals surface area contributed by atoms with Crippen LogP contribution in [-0.4, -0.2) is 36.6 Å². The first-order chi connectivity index (χ1) is 14.3. The Morgan fingerprint density at radius 3 is 2.30 bits per heavy atom. The minimum Gasteiger partial charge on any atom is -0.457 e. The van der Waals surface area contributed by atoms with Crippen molar-refractivity contribution in [3.63, 3.8) is 0 Å². The van der Waals surface area contributed by atoms with Gasteiger partial charge in [-0.15, -0.1) is 11.3 Å². The summed E-state index contributed by atoms with van der Waals surface area (Å²) in [4.78, 5) is 49.2. The van der Waals surface area contributed by atoms with Crippen LogP contribution in [0.2, 0.25) is 0 Å². The van der Waals surface area contributed by atoms with E-state index < -0.39 is 5.97 Å². The molecule has 6 nitrogen and oxygen atoms in total. The van der Waals surface area contributed by atoms with Crippen LogP contribution in [0.15, 0.2) is 30.3 Å². The zero-order valence-electron chi connectivity index (χ0n) is 17.6. The number of benzene rings is 1. The number of esters is 1. The minimum absolute atomic E-state index is 0.0479. The van der Waals surface area contributed by atoms with Gasteiger partial charge in [0.2, 0.25) is 5.91 Å². The lowest BCUT2D eigenvalue weighted by molar-refractivity contribution is -0.142. The summed E-state index contributed by atoms with van der Waals surface area (Å²) in [5, 5.41) is 2.74. The Morgan fingerprint density at radius 2 is 1.70 bits per heavy atom. The molecule has 1 aromatic heterocycles. The Hall–Kier alpha value is -2.80. The number of carbonyl (C=O) groups excluding carboxylic acids is 4. The molecule has 1 amide bonds. The highest BCUT2D eigenvalue weighted by Gasteiger charge is 2.15. The van der Waals surface area contributed by atoms with Crippen molar-refractivity contribution in [2.75, 3.05) is 13.2 Å². The number of amides is 1. The molecule has 0 aliphatic rings. The van der Waals surface area contributed by atoms with Gasteiger partial charge < -0.3 is 10.1 Å². The SMILES string of the molecule is CC(=O)NCCCc1ccc(C(=O)COC(=O)CCC(=O)c2cc(C)sc2C)cc1. The van der Waals surface area contributed by atoms with E-state index in [1.165, 1.54) is 6.92 Å². The molecule has 0 atom stereocenters. The van der Waals surface area contributed by atoms with E-state index in [1.54, 1.807) is 23.5 Å². The molecular weight excluding hydrogens is 402 g/mol. The third-order valence-corrected chi connectivity index (χ3v) is 5.52. The van der Waals surface area contributed by atoms with Crippen molar-refractivity contribution < 1.29 is 23.9 Å². The topological polar surface area (TPSA) is 89.5 Å². The molecule has 0 aliphatic carbocycles. The molecule has 2 rings (SSSR count). The quantitative estimate of drug-likeness (QED) is 0.333. The van der Waals surface area contributed by atoms with E-state index in [2.05, 4.69) is 5.32 Å². The fourth-order valence-corrected chi connectivity index (χ4v) is 3.92. The van der Waals surface area contributed by atoms with Crippen LogP contribution in [0, 0.1) is 13.8 Å². The van der Waals surface area contributed by atoms with E-state index in [-0.39, 0.29) is 36.9 Å². The van der Waals surface area contributed by atoms with Gasteiger partial charge in [0.1, 0.15) is 0 Å². The standard InChI is InChI=1S/C23H27NO5S/c1-15-13-20(16(2)30-15)21(26)10-11-23(28)29-14-22(27)19-8-6-18(7-9-19)5-4-12-24-17(3)25/h6-9,13H,4-5,10-12,14H2,1-3H3,(H,24,25). The molecule has 0 bridgehead atoms. The molecule has 0 saturated heterocycles. The average molecular weight is 430 g/mol. The molecule has 30 heavy (non-hydrogen) atoms. The highest BCUT2D eigenvalue weighted by Crippen LogP contribution is 2.22. The summed E-state index contributed by atoms with van der Waals surface area (Å²) in [6.45, 7) is 5.57. The van der Waals surface area contributed by atoms with Gasteiger partial charge in [-0.25, -0.2) is 0 Å². The molecule has 0 fully saturated rings. The molecular formula is C23H27NO5S. The first-order valence-corrected chi connectivity index (χ1v) is 10.7. The summed E-state index contributed by atoms with van der Waals surface area (Å²) in [7, 11) is 0. The monoisotopic (exact) mass is 429 g/mol. The zero-order valence-corrected chi connectivity index (χ0v) is 18.4. The maximum Gasteiger partial charge on any atom is 0.306 e. The number of nitrogens with one attached hydrogen (secondary N) is 1. The first-order valence-electron chi connectivity index (χ1n) is 9.88. The number of hydrogen-bond donors (Lipinski definition) is 1. The predicted octanol–water partition coefficient (Wildman–Crippen LogP) is 3.82. The van der Waals surface area contributed by atoms with Crippen molar-refractivity contribution in [3.05, 3.63) is 56.8 Å². The molecule has 1 heterocycles. The van der Waals surface area contributed by atoms with Gasteiger partial charge >= 0.3 is 5.97 Å². The van der Waals surface area contributed by atoms with E-state index in [0.29, 0.717) is 17.7 Å². The van der Waals surface area contributed by atoms with Gasteiger partial charge in [0.05, 0.1) is 6.42 Å². The van der Waals surface area contributed by atoms with Crippen LogP contribution in [0.4, 0.5) is 0 Å². The Kier molecular flexibility index (Phi) is 8.92. The number of hydrogen-bond acceptors (Lipinski definition) is 6. The van der Waals surface area contributed by atoms with Crippen LogP contribution in [0.1, 0.15) is 62.2 Å². The Labute approximate surface area is 180 Å². The van der Waals surface area contributed by atoms with Gasteiger partial charge in [0, 0.05) is 40.8 Å². The van der Waals surface area contributed by atoms with Gasteiger partial charge in [0.25, 0.3) is 0 Å². The molecule has 160 valence electrons. The molecule has 0 spiro atoms. The summed E-state index contributed by atoms with van der Waals surface area (Å²) in [5.41, 5.74) is 2.18. The Morgan fingerprint density at radius 1 is 1.00 bits per heavy atom. The number of ether oxygens (including phenoxy) is 1. The van der Waals surface area contributed by atoms with Gasteiger partial charge in [-0.3, -0.25) is 19.2 Å². The normalized spacial score (nSPS) is 10.5. The van der Waals surface area contributed by atoms with E-state index in [9.17, 15) is 19.2 Å². The zero-order chi connectivity index (χ0) is 22.1. The first kappa shape index (κ1) is 23.5. The van der Waals surface area contributed by atoms with Gasteiger partial charge in [-0.1, -0.05) is 24.3 Å². The fourth-order valence-electron chi connectivity index (χ4n) is 2.97. The van der Waals surface area contributed by atoms with Gasteiger partial charge in [0.15, 0.2) is 18.2 Å². The van der Waals surface area contributed by atoms with Crippen molar-refractivity contribution in [2.45, 2.75) is 46.5 Å². The predicted molar refractivity (Wildman–Crippen MR) is 116 cm³/mol. The number of ketones is 2. The lowest BCUT2D eigenvalue weighted by Crippen LogP contribution is -2.21. The van der Waals surface area contributed by atoms with Crippen LogP contribution >= 0.6 is 11.3 Å². The van der Waals surface area contributed by atoms with Crippen LogP contribution in [0.5, 0.6) is 0 Å². The molecule has 0 unspecified atom stereocenters. The second kappa shape index (κ2) is 11.4. The van der Waals surface area contributed by atoms with Crippen LogP contribution in [0.3, 0.4) is 0 Å². The summed E-state index contributed by atoms with van der Waals surface area (Å²) >= 11 is 1.55.